The normalized spacial score (nSPS) is 10.5. The fourth-order valence-corrected chi connectivity index (χ4v) is 2.43. The average molecular weight is 400 g/mol. The predicted octanol–water partition coefficient (Wildman–Crippen LogP) is 4.20. The molecule has 0 saturated heterocycles. The Labute approximate surface area is 170 Å². The van der Waals surface area contributed by atoms with Crippen molar-refractivity contribution in [2.24, 2.45) is 5.92 Å². The van der Waals surface area contributed by atoms with Crippen LogP contribution in [0.5, 0.6) is 5.75 Å². The van der Waals surface area contributed by atoms with Gasteiger partial charge < -0.3 is 15.4 Å². The summed E-state index contributed by atoms with van der Waals surface area (Å²) in [6.45, 7) is 7.54. The standard InChI is InChI=1S/C21H25N3O3S/c1-13(2)19(25)22-16-7-9-17(10-8-16)23-21(28)24-20(26)15-5-11-18(12-6-15)27-14(3)4/h5-14H,1-4H3,(H,22,25)(H2,23,24,26,28). The molecule has 3 N–H and O–H groups in total. The minimum Gasteiger partial charge on any atom is -0.491 e. The second kappa shape index (κ2) is 9.85. The maximum atomic E-state index is 12.3. The molecule has 0 aliphatic rings. The minimum absolute atomic E-state index is 0.0479. The van der Waals surface area contributed by atoms with E-state index in [1.165, 1.54) is 0 Å². The number of hydrogen-bond donors (Lipinski definition) is 3. The number of hydrogen-bond acceptors (Lipinski definition) is 4. The summed E-state index contributed by atoms with van der Waals surface area (Å²) in [5.41, 5.74) is 1.88. The van der Waals surface area contributed by atoms with Crippen molar-refractivity contribution in [3.05, 3.63) is 54.1 Å². The van der Waals surface area contributed by atoms with Gasteiger partial charge in [-0.15, -0.1) is 0 Å². The highest BCUT2D eigenvalue weighted by Gasteiger charge is 2.10. The van der Waals surface area contributed by atoms with Crippen molar-refractivity contribution in [2.75, 3.05) is 10.6 Å². The molecular formula is C21H25N3O3S. The Morgan fingerprint density at radius 1 is 0.857 bits per heavy atom. The first-order chi connectivity index (χ1) is 13.2. The van der Waals surface area contributed by atoms with Crippen LogP contribution in [0, 0.1) is 5.92 Å². The Morgan fingerprint density at radius 3 is 1.89 bits per heavy atom. The zero-order valence-corrected chi connectivity index (χ0v) is 17.2. The van der Waals surface area contributed by atoms with E-state index in [4.69, 9.17) is 17.0 Å². The van der Waals surface area contributed by atoms with Crippen LogP contribution < -0.4 is 20.7 Å². The average Bonchev–Trinajstić information content (AvgIpc) is 2.63. The van der Waals surface area contributed by atoms with Gasteiger partial charge in [0.05, 0.1) is 6.10 Å². The summed E-state index contributed by atoms with van der Waals surface area (Å²) in [5.74, 6) is 0.256. The Morgan fingerprint density at radius 2 is 1.39 bits per heavy atom. The van der Waals surface area contributed by atoms with Gasteiger partial charge in [0.2, 0.25) is 5.91 Å². The summed E-state index contributed by atoms with van der Waals surface area (Å²) in [6, 6.07) is 13.9. The van der Waals surface area contributed by atoms with Crippen LogP contribution in [0.25, 0.3) is 0 Å². The van der Waals surface area contributed by atoms with Gasteiger partial charge in [0.25, 0.3) is 5.91 Å². The molecule has 148 valence electrons. The van der Waals surface area contributed by atoms with Crippen LogP contribution in [0.15, 0.2) is 48.5 Å². The Hall–Kier alpha value is -2.93. The van der Waals surface area contributed by atoms with Crippen LogP contribution in [0.4, 0.5) is 11.4 Å². The summed E-state index contributed by atoms with van der Waals surface area (Å²) in [7, 11) is 0. The number of thiocarbonyl (C=S) groups is 1. The smallest absolute Gasteiger partial charge is 0.257 e. The summed E-state index contributed by atoms with van der Waals surface area (Å²) in [4.78, 5) is 24.0. The molecule has 28 heavy (non-hydrogen) atoms. The predicted molar refractivity (Wildman–Crippen MR) is 116 cm³/mol. The van der Waals surface area contributed by atoms with Gasteiger partial charge in [0, 0.05) is 22.9 Å². The van der Waals surface area contributed by atoms with E-state index >= 15 is 0 Å². The monoisotopic (exact) mass is 399 g/mol. The molecule has 2 aromatic rings. The number of carbonyl (C=O) groups excluding carboxylic acids is 2. The molecule has 0 radical (unpaired) electrons. The third kappa shape index (κ3) is 6.66. The van der Waals surface area contributed by atoms with Crippen molar-refractivity contribution < 1.29 is 14.3 Å². The van der Waals surface area contributed by atoms with Gasteiger partial charge in [-0.25, -0.2) is 0 Å². The van der Waals surface area contributed by atoms with Crippen LogP contribution >= 0.6 is 12.2 Å². The molecule has 0 spiro atoms. The maximum absolute atomic E-state index is 12.3. The van der Waals surface area contributed by atoms with E-state index in [9.17, 15) is 9.59 Å². The highest BCUT2D eigenvalue weighted by Crippen LogP contribution is 2.15. The number of amides is 2. The van der Waals surface area contributed by atoms with E-state index in [0.717, 1.165) is 0 Å². The van der Waals surface area contributed by atoms with Crippen LogP contribution in [0.3, 0.4) is 0 Å². The van der Waals surface area contributed by atoms with Crippen LogP contribution in [-0.4, -0.2) is 23.0 Å². The fraction of sp³-hybridized carbons (Fsp3) is 0.286. The molecule has 2 amide bonds. The molecule has 2 aromatic carbocycles. The lowest BCUT2D eigenvalue weighted by Crippen LogP contribution is -2.34. The topological polar surface area (TPSA) is 79.5 Å². The minimum atomic E-state index is -0.311. The zero-order valence-electron chi connectivity index (χ0n) is 16.4. The van der Waals surface area contributed by atoms with Crippen molar-refractivity contribution in [3.8, 4) is 5.75 Å². The maximum Gasteiger partial charge on any atom is 0.257 e. The van der Waals surface area contributed by atoms with Gasteiger partial charge in [0.15, 0.2) is 5.11 Å². The molecule has 2 rings (SSSR count). The summed E-state index contributed by atoms with van der Waals surface area (Å²) >= 11 is 5.19. The summed E-state index contributed by atoms with van der Waals surface area (Å²) < 4.78 is 5.56. The van der Waals surface area contributed by atoms with Crippen LogP contribution in [0.2, 0.25) is 0 Å². The first kappa shape index (κ1) is 21.4. The van der Waals surface area contributed by atoms with Gasteiger partial charge in [-0.3, -0.25) is 14.9 Å². The van der Waals surface area contributed by atoms with Gasteiger partial charge in [-0.2, -0.15) is 0 Å². The molecule has 0 saturated carbocycles. The molecule has 6 nitrogen and oxygen atoms in total. The van der Waals surface area contributed by atoms with E-state index < -0.39 is 0 Å². The Kier molecular flexibility index (Phi) is 7.52. The first-order valence-electron chi connectivity index (χ1n) is 9.04. The molecule has 0 aliphatic heterocycles. The third-order valence-electron chi connectivity index (χ3n) is 3.65. The van der Waals surface area contributed by atoms with Gasteiger partial charge in [0.1, 0.15) is 5.75 Å². The number of anilines is 2. The number of ether oxygens (including phenoxy) is 1. The van der Waals surface area contributed by atoms with E-state index in [2.05, 4.69) is 16.0 Å². The fourth-order valence-electron chi connectivity index (χ4n) is 2.22. The number of benzene rings is 2. The molecule has 7 heteroatoms. The largest absolute Gasteiger partial charge is 0.491 e. The van der Waals surface area contributed by atoms with Crippen molar-refractivity contribution in [1.29, 1.82) is 0 Å². The second-order valence-corrected chi connectivity index (χ2v) is 7.23. The molecule has 0 atom stereocenters. The Bertz CT molecular complexity index is 831. The molecule has 0 heterocycles. The molecule has 0 aromatic heterocycles. The molecule has 0 aliphatic carbocycles. The van der Waals surface area contributed by atoms with Crippen molar-refractivity contribution in [3.63, 3.8) is 0 Å². The molecule has 0 unspecified atom stereocenters. The highest BCUT2D eigenvalue weighted by atomic mass is 32.1. The lowest BCUT2D eigenvalue weighted by Gasteiger charge is -2.12. The van der Waals surface area contributed by atoms with Gasteiger partial charge in [-0.1, -0.05) is 13.8 Å². The summed E-state index contributed by atoms with van der Waals surface area (Å²) in [5, 5.41) is 8.58. The molecule has 0 bridgehead atoms. The highest BCUT2D eigenvalue weighted by molar-refractivity contribution is 7.80. The molecular weight excluding hydrogens is 374 g/mol. The summed E-state index contributed by atoms with van der Waals surface area (Å²) in [6.07, 6.45) is 0.0709. The quantitative estimate of drug-likeness (QED) is 0.635. The Balaban J connectivity index is 1.89. The van der Waals surface area contributed by atoms with E-state index in [1.807, 2.05) is 27.7 Å². The van der Waals surface area contributed by atoms with Crippen molar-refractivity contribution >= 4 is 40.5 Å². The number of rotatable bonds is 6. The van der Waals surface area contributed by atoms with Crippen LogP contribution in [-0.2, 0) is 4.79 Å². The van der Waals surface area contributed by atoms with Crippen molar-refractivity contribution in [2.45, 2.75) is 33.8 Å². The van der Waals surface area contributed by atoms with Gasteiger partial charge >= 0.3 is 0 Å². The third-order valence-corrected chi connectivity index (χ3v) is 3.85. The first-order valence-corrected chi connectivity index (χ1v) is 9.45. The molecule has 0 fully saturated rings. The second-order valence-electron chi connectivity index (χ2n) is 6.82. The van der Waals surface area contributed by atoms with Crippen LogP contribution in [0.1, 0.15) is 38.1 Å². The SMILES string of the molecule is CC(C)Oc1ccc(C(=O)NC(=S)Nc2ccc(NC(=O)C(C)C)cc2)cc1. The van der Waals surface area contributed by atoms with E-state index in [1.54, 1.807) is 48.5 Å². The number of nitrogens with one attached hydrogen (secondary N) is 3. The number of carbonyl (C=O) groups is 2. The zero-order chi connectivity index (χ0) is 20.7. The van der Waals surface area contributed by atoms with E-state index in [0.29, 0.717) is 22.7 Å². The van der Waals surface area contributed by atoms with E-state index in [-0.39, 0.29) is 28.9 Å². The van der Waals surface area contributed by atoms with Crippen molar-refractivity contribution in [1.82, 2.24) is 5.32 Å². The van der Waals surface area contributed by atoms with Gasteiger partial charge in [-0.05, 0) is 74.6 Å². The lowest BCUT2D eigenvalue weighted by molar-refractivity contribution is -0.118. The lowest BCUT2D eigenvalue weighted by atomic mass is 10.2.